The number of rotatable bonds is 3. The Kier molecular flexibility index (Phi) is 3.82. The first-order chi connectivity index (χ1) is 10.9. The van der Waals surface area contributed by atoms with Crippen LogP contribution in [-0.2, 0) is 12.7 Å². The van der Waals surface area contributed by atoms with Gasteiger partial charge in [0.2, 0.25) is 5.76 Å². The summed E-state index contributed by atoms with van der Waals surface area (Å²) in [5.74, 6) is -1.40. The van der Waals surface area contributed by atoms with Crippen LogP contribution in [-0.4, -0.2) is 5.91 Å². The van der Waals surface area contributed by atoms with E-state index in [0.29, 0.717) is 5.56 Å². The Balaban J connectivity index is 1.75. The van der Waals surface area contributed by atoms with Crippen molar-refractivity contribution in [3.63, 3.8) is 0 Å². The molecule has 6 heteroatoms. The van der Waals surface area contributed by atoms with Crippen molar-refractivity contribution in [3.8, 4) is 0 Å². The summed E-state index contributed by atoms with van der Waals surface area (Å²) in [6.07, 6.45) is -4.53. The van der Waals surface area contributed by atoms with Gasteiger partial charge in [0.15, 0.2) is 0 Å². The second-order valence-electron chi connectivity index (χ2n) is 4.97. The van der Waals surface area contributed by atoms with E-state index >= 15 is 0 Å². The predicted molar refractivity (Wildman–Crippen MR) is 78.8 cm³/mol. The number of nitrogens with one attached hydrogen (secondary N) is 1. The smallest absolute Gasteiger partial charge is 0.449 e. The Hall–Kier alpha value is -2.76. The fourth-order valence-corrected chi connectivity index (χ4v) is 2.31. The van der Waals surface area contributed by atoms with Gasteiger partial charge in [0, 0.05) is 5.56 Å². The van der Waals surface area contributed by atoms with Crippen molar-refractivity contribution >= 4 is 16.7 Å². The van der Waals surface area contributed by atoms with Gasteiger partial charge in [-0.15, -0.1) is 0 Å². The molecule has 1 amide bonds. The molecular formula is C17H12F3NO2. The lowest BCUT2D eigenvalue weighted by atomic mass is 10.0. The standard InChI is InChI=1S/C17H12F3NO2/c18-17(19,20)15-9-8-12(23-15)10-21-16(22)14-7-3-5-11-4-1-2-6-13(11)14/h1-9H,10H2,(H,21,22). The number of alkyl halides is 3. The van der Waals surface area contributed by atoms with Crippen molar-refractivity contribution < 1.29 is 22.4 Å². The highest BCUT2D eigenvalue weighted by Crippen LogP contribution is 2.30. The van der Waals surface area contributed by atoms with Crippen molar-refractivity contribution in [2.24, 2.45) is 0 Å². The maximum atomic E-state index is 12.5. The highest BCUT2D eigenvalue weighted by molar-refractivity contribution is 6.06. The maximum Gasteiger partial charge on any atom is 0.449 e. The lowest BCUT2D eigenvalue weighted by Crippen LogP contribution is -2.22. The Morgan fingerprint density at radius 2 is 1.74 bits per heavy atom. The molecule has 0 fully saturated rings. The van der Waals surface area contributed by atoms with E-state index < -0.39 is 11.9 Å². The number of carbonyl (C=O) groups excluding carboxylic acids is 1. The number of hydrogen-bond acceptors (Lipinski definition) is 2. The fourth-order valence-electron chi connectivity index (χ4n) is 2.31. The molecule has 1 aromatic heterocycles. The molecule has 2 aromatic carbocycles. The second-order valence-corrected chi connectivity index (χ2v) is 4.97. The van der Waals surface area contributed by atoms with Gasteiger partial charge in [-0.1, -0.05) is 36.4 Å². The van der Waals surface area contributed by atoms with Gasteiger partial charge >= 0.3 is 6.18 Å². The highest BCUT2D eigenvalue weighted by atomic mass is 19.4. The minimum atomic E-state index is -4.53. The molecule has 0 atom stereocenters. The van der Waals surface area contributed by atoms with Crippen molar-refractivity contribution in [3.05, 3.63) is 71.7 Å². The van der Waals surface area contributed by atoms with Gasteiger partial charge in [-0.05, 0) is 29.0 Å². The Morgan fingerprint density at radius 3 is 2.48 bits per heavy atom. The molecule has 0 unspecified atom stereocenters. The van der Waals surface area contributed by atoms with Crippen LogP contribution in [0.2, 0.25) is 0 Å². The quantitative estimate of drug-likeness (QED) is 0.778. The number of hydrogen-bond donors (Lipinski definition) is 1. The molecule has 3 rings (SSSR count). The van der Waals surface area contributed by atoms with Gasteiger partial charge < -0.3 is 9.73 Å². The van der Waals surface area contributed by atoms with E-state index in [1.807, 2.05) is 30.3 Å². The summed E-state index contributed by atoms with van der Waals surface area (Å²) in [6.45, 7) is -0.113. The van der Waals surface area contributed by atoms with Crippen LogP contribution in [0, 0.1) is 0 Å². The summed E-state index contributed by atoms with van der Waals surface area (Å²) in [7, 11) is 0. The molecule has 118 valence electrons. The number of fused-ring (bicyclic) bond motifs is 1. The number of amides is 1. The van der Waals surface area contributed by atoms with Gasteiger partial charge in [-0.3, -0.25) is 4.79 Å². The molecule has 0 saturated heterocycles. The van der Waals surface area contributed by atoms with Crippen molar-refractivity contribution in [1.29, 1.82) is 0 Å². The Bertz CT molecular complexity index is 847. The lowest BCUT2D eigenvalue weighted by molar-refractivity contribution is -0.153. The van der Waals surface area contributed by atoms with Crippen LogP contribution in [0.25, 0.3) is 10.8 Å². The lowest BCUT2D eigenvalue weighted by Gasteiger charge is -2.07. The van der Waals surface area contributed by atoms with Gasteiger partial charge in [-0.25, -0.2) is 0 Å². The average molecular weight is 319 g/mol. The highest BCUT2D eigenvalue weighted by Gasteiger charge is 2.34. The van der Waals surface area contributed by atoms with Crippen LogP contribution < -0.4 is 5.32 Å². The molecule has 0 bridgehead atoms. The molecule has 0 spiro atoms. The summed E-state index contributed by atoms with van der Waals surface area (Å²) in [5.41, 5.74) is 0.464. The first kappa shape index (κ1) is 15.1. The Morgan fingerprint density at radius 1 is 1.00 bits per heavy atom. The predicted octanol–water partition coefficient (Wildman–Crippen LogP) is 4.38. The third-order valence-electron chi connectivity index (χ3n) is 3.40. The van der Waals surface area contributed by atoms with Crippen LogP contribution in [0.15, 0.2) is 59.0 Å². The van der Waals surface area contributed by atoms with Crippen LogP contribution in [0.3, 0.4) is 0 Å². The second kappa shape index (κ2) is 5.79. The molecule has 1 heterocycles. The number of benzene rings is 2. The van der Waals surface area contributed by atoms with Crippen molar-refractivity contribution in [2.45, 2.75) is 12.7 Å². The largest absolute Gasteiger partial charge is 0.455 e. The summed E-state index contributed by atoms with van der Waals surface area (Å²) in [4.78, 5) is 12.3. The number of carbonyl (C=O) groups is 1. The Labute approximate surface area is 129 Å². The zero-order valence-corrected chi connectivity index (χ0v) is 11.9. The topological polar surface area (TPSA) is 42.2 Å². The minimum absolute atomic E-state index is 0.0471. The fraction of sp³-hybridized carbons (Fsp3) is 0.118. The van der Waals surface area contributed by atoms with E-state index in [1.54, 1.807) is 12.1 Å². The summed E-state index contributed by atoms with van der Waals surface area (Å²) < 4.78 is 42.1. The summed E-state index contributed by atoms with van der Waals surface area (Å²) in [6, 6.07) is 14.7. The molecule has 0 radical (unpaired) electrons. The van der Waals surface area contributed by atoms with Crippen molar-refractivity contribution in [1.82, 2.24) is 5.32 Å². The summed E-state index contributed by atoms with van der Waals surface area (Å²) in [5, 5.41) is 4.27. The van der Waals surface area contributed by atoms with E-state index in [9.17, 15) is 18.0 Å². The van der Waals surface area contributed by atoms with Gasteiger partial charge in [0.25, 0.3) is 5.91 Å². The first-order valence-electron chi connectivity index (χ1n) is 6.87. The molecule has 0 saturated carbocycles. The number of halogens is 3. The van der Waals surface area contributed by atoms with Gasteiger partial charge in [0.05, 0.1) is 6.54 Å². The van der Waals surface area contributed by atoms with E-state index in [0.717, 1.165) is 16.8 Å². The third-order valence-corrected chi connectivity index (χ3v) is 3.40. The van der Waals surface area contributed by atoms with Gasteiger partial charge in [-0.2, -0.15) is 13.2 Å². The minimum Gasteiger partial charge on any atom is -0.455 e. The van der Waals surface area contributed by atoms with E-state index in [4.69, 9.17) is 0 Å². The van der Waals surface area contributed by atoms with Crippen molar-refractivity contribution in [2.75, 3.05) is 0 Å². The molecule has 0 aliphatic heterocycles. The molecule has 0 aliphatic carbocycles. The molecule has 23 heavy (non-hydrogen) atoms. The van der Waals surface area contributed by atoms with E-state index in [2.05, 4.69) is 9.73 Å². The van der Waals surface area contributed by atoms with E-state index in [1.165, 1.54) is 6.07 Å². The molecule has 3 nitrogen and oxygen atoms in total. The van der Waals surface area contributed by atoms with E-state index in [-0.39, 0.29) is 18.2 Å². The molecule has 0 aliphatic rings. The molecule has 1 N–H and O–H groups in total. The monoisotopic (exact) mass is 319 g/mol. The average Bonchev–Trinajstić information content (AvgIpc) is 3.01. The zero-order valence-electron chi connectivity index (χ0n) is 11.9. The number of furan rings is 1. The SMILES string of the molecule is O=C(NCc1ccc(C(F)(F)F)o1)c1cccc2ccccc12. The first-order valence-corrected chi connectivity index (χ1v) is 6.87. The van der Waals surface area contributed by atoms with Crippen LogP contribution in [0.1, 0.15) is 21.9 Å². The van der Waals surface area contributed by atoms with Crippen LogP contribution in [0.5, 0.6) is 0 Å². The van der Waals surface area contributed by atoms with Gasteiger partial charge in [0.1, 0.15) is 5.76 Å². The third kappa shape index (κ3) is 3.21. The van der Waals surface area contributed by atoms with Crippen LogP contribution >= 0.6 is 0 Å². The molecular weight excluding hydrogens is 307 g/mol. The zero-order chi connectivity index (χ0) is 16.4. The molecule has 3 aromatic rings. The summed E-state index contributed by atoms with van der Waals surface area (Å²) >= 11 is 0. The van der Waals surface area contributed by atoms with Crippen LogP contribution in [0.4, 0.5) is 13.2 Å². The maximum absolute atomic E-state index is 12.5. The normalized spacial score (nSPS) is 11.6.